The Hall–Kier alpha value is -1.65. The van der Waals surface area contributed by atoms with Gasteiger partial charge in [0.1, 0.15) is 12.0 Å². The lowest BCUT2D eigenvalue weighted by atomic mass is 9.87. The Bertz CT molecular complexity index is 349. The monoisotopic (exact) mass is 238 g/mol. The second-order valence-electron chi connectivity index (χ2n) is 4.36. The molecular weight excluding hydrogens is 220 g/mol. The Morgan fingerprint density at radius 3 is 2.41 bits per heavy atom. The van der Waals surface area contributed by atoms with Crippen LogP contribution < -0.4 is 5.73 Å². The fourth-order valence-corrected chi connectivity index (χ4v) is 2.01. The van der Waals surface area contributed by atoms with Crippen LogP contribution in [0.4, 0.5) is 0 Å². The molecule has 0 aromatic carbocycles. The normalized spacial score (nSPS) is 19.8. The molecule has 0 aromatic heterocycles. The van der Waals surface area contributed by atoms with Gasteiger partial charge in [-0.1, -0.05) is 26.3 Å². The molecule has 5 nitrogen and oxygen atoms in total. The Morgan fingerprint density at radius 2 is 2.06 bits per heavy atom. The van der Waals surface area contributed by atoms with Crippen molar-refractivity contribution in [3.63, 3.8) is 0 Å². The highest BCUT2D eigenvalue weighted by molar-refractivity contribution is 6.19. The molecule has 0 bridgehead atoms. The van der Waals surface area contributed by atoms with E-state index in [0.29, 0.717) is 12.8 Å². The lowest BCUT2D eigenvalue weighted by Crippen LogP contribution is -2.65. The number of likely N-dealkylation sites (tertiary alicyclic amines) is 1. The maximum Gasteiger partial charge on any atom is 0.242 e. The Labute approximate surface area is 101 Å². The predicted molar refractivity (Wildman–Crippen MR) is 62.6 cm³/mol. The molecule has 1 aliphatic rings. The van der Waals surface area contributed by atoms with Crippen LogP contribution in [-0.2, 0) is 14.4 Å². The van der Waals surface area contributed by atoms with Crippen LogP contribution in [0.3, 0.4) is 0 Å². The van der Waals surface area contributed by atoms with Gasteiger partial charge in [-0.15, -0.1) is 6.58 Å². The van der Waals surface area contributed by atoms with Gasteiger partial charge in [0.15, 0.2) is 0 Å². The highest BCUT2D eigenvalue weighted by Crippen LogP contribution is 2.29. The number of hydrogen-bond acceptors (Lipinski definition) is 3. The van der Waals surface area contributed by atoms with Gasteiger partial charge in [0.25, 0.3) is 0 Å². The summed E-state index contributed by atoms with van der Waals surface area (Å²) in [5, 5.41) is 0. The predicted octanol–water partition coefficient (Wildman–Crippen LogP) is 0.447. The number of nitrogens with two attached hydrogens (primary N) is 1. The molecule has 5 heteroatoms. The first-order valence-corrected chi connectivity index (χ1v) is 5.72. The average molecular weight is 238 g/mol. The number of carbonyl (C=O) groups excluding carboxylic acids is 3. The van der Waals surface area contributed by atoms with Crippen molar-refractivity contribution in [1.82, 2.24) is 4.90 Å². The molecule has 0 aromatic rings. The third-order valence-corrected chi connectivity index (χ3v) is 3.23. The maximum absolute atomic E-state index is 11.8. The van der Waals surface area contributed by atoms with Crippen molar-refractivity contribution >= 4 is 17.7 Å². The first-order valence-electron chi connectivity index (χ1n) is 5.72. The molecule has 3 amide bonds. The van der Waals surface area contributed by atoms with Crippen molar-refractivity contribution in [2.45, 2.75) is 32.7 Å². The SMILES string of the molecule is C=CCC1C(=O)N([C@@H](C(N)=O)[C@H](C)CC)C1=O. The molecule has 1 aliphatic heterocycles. The minimum Gasteiger partial charge on any atom is -0.368 e. The summed E-state index contributed by atoms with van der Waals surface area (Å²) in [4.78, 5) is 35.9. The number of nitrogens with zero attached hydrogens (tertiary/aromatic N) is 1. The Kier molecular flexibility index (Phi) is 4.04. The van der Waals surface area contributed by atoms with Crippen molar-refractivity contribution in [3.8, 4) is 0 Å². The van der Waals surface area contributed by atoms with Crippen LogP contribution in [0.1, 0.15) is 26.7 Å². The van der Waals surface area contributed by atoms with Gasteiger partial charge in [0.2, 0.25) is 17.7 Å². The second kappa shape index (κ2) is 5.12. The molecule has 1 saturated heterocycles. The molecule has 0 saturated carbocycles. The van der Waals surface area contributed by atoms with E-state index < -0.39 is 17.9 Å². The number of primary amides is 1. The molecule has 2 atom stereocenters. The molecule has 94 valence electrons. The number of imide groups is 1. The Morgan fingerprint density at radius 1 is 1.53 bits per heavy atom. The van der Waals surface area contributed by atoms with E-state index in [4.69, 9.17) is 5.73 Å². The third-order valence-electron chi connectivity index (χ3n) is 3.23. The number of amides is 3. The largest absolute Gasteiger partial charge is 0.368 e. The third kappa shape index (κ3) is 2.23. The number of hydrogen-bond donors (Lipinski definition) is 1. The van der Waals surface area contributed by atoms with E-state index in [1.54, 1.807) is 6.92 Å². The van der Waals surface area contributed by atoms with Crippen LogP contribution in [0.5, 0.6) is 0 Å². The molecular formula is C12H18N2O3. The number of rotatable bonds is 6. The van der Waals surface area contributed by atoms with Gasteiger partial charge in [-0.3, -0.25) is 19.3 Å². The zero-order valence-electron chi connectivity index (χ0n) is 10.2. The molecule has 1 rings (SSSR count). The van der Waals surface area contributed by atoms with Gasteiger partial charge >= 0.3 is 0 Å². The van der Waals surface area contributed by atoms with Crippen molar-refractivity contribution in [3.05, 3.63) is 12.7 Å². The number of allylic oxidation sites excluding steroid dienone is 1. The highest BCUT2D eigenvalue weighted by Gasteiger charge is 2.51. The van der Waals surface area contributed by atoms with Gasteiger partial charge in [0, 0.05) is 0 Å². The van der Waals surface area contributed by atoms with E-state index in [0.717, 1.165) is 4.90 Å². The van der Waals surface area contributed by atoms with E-state index >= 15 is 0 Å². The summed E-state index contributed by atoms with van der Waals surface area (Å²) < 4.78 is 0. The van der Waals surface area contributed by atoms with Gasteiger partial charge < -0.3 is 5.73 Å². The first kappa shape index (κ1) is 13.4. The molecule has 0 aliphatic carbocycles. The van der Waals surface area contributed by atoms with Crippen LogP contribution in [0.2, 0.25) is 0 Å². The lowest BCUT2D eigenvalue weighted by molar-refractivity contribution is -0.172. The van der Waals surface area contributed by atoms with Gasteiger partial charge in [-0.25, -0.2) is 0 Å². The lowest BCUT2D eigenvalue weighted by Gasteiger charge is -2.41. The van der Waals surface area contributed by atoms with E-state index in [9.17, 15) is 14.4 Å². The van der Waals surface area contributed by atoms with Crippen molar-refractivity contribution in [2.75, 3.05) is 0 Å². The summed E-state index contributed by atoms with van der Waals surface area (Å²) >= 11 is 0. The van der Waals surface area contributed by atoms with Gasteiger partial charge in [-0.2, -0.15) is 0 Å². The van der Waals surface area contributed by atoms with Crippen LogP contribution in [0.25, 0.3) is 0 Å². The van der Waals surface area contributed by atoms with E-state index in [-0.39, 0.29) is 17.7 Å². The molecule has 0 unspecified atom stereocenters. The molecule has 17 heavy (non-hydrogen) atoms. The van der Waals surface area contributed by atoms with Gasteiger partial charge in [0.05, 0.1) is 0 Å². The zero-order chi connectivity index (χ0) is 13.2. The van der Waals surface area contributed by atoms with Crippen LogP contribution >= 0.6 is 0 Å². The molecule has 0 radical (unpaired) electrons. The summed E-state index contributed by atoms with van der Waals surface area (Å²) in [5.41, 5.74) is 5.26. The zero-order valence-corrected chi connectivity index (χ0v) is 10.2. The number of β-lactam (4-membered cyclic amide) rings is 2. The smallest absolute Gasteiger partial charge is 0.242 e. The topological polar surface area (TPSA) is 80.5 Å². The molecule has 1 heterocycles. The standard InChI is InChI=1S/C12H18N2O3/c1-4-6-8-11(16)14(12(8)17)9(10(13)15)7(3)5-2/h4,7-9H,1,5-6H2,2-3H3,(H2,13,15)/t7-,9-/m1/s1. The summed E-state index contributed by atoms with van der Waals surface area (Å²) in [6.07, 6.45) is 2.53. The van der Waals surface area contributed by atoms with Crippen LogP contribution in [0.15, 0.2) is 12.7 Å². The summed E-state index contributed by atoms with van der Waals surface area (Å²) in [6.45, 7) is 7.18. The van der Waals surface area contributed by atoms with Crippen molar-refractivity contribution < 1.29 is 14.4 Å². The van der Waals surface area contributed by atoms with E-state index in [2.05, 4.69) is 6.58 Å². The quantitative estimate of drug-likeness (QED) is 0.414. The first-order chi connectivity index (χ1) is 7.95. The highest BCUT2D eigenvalue weighted by atomic mass is 16.2. The van der Waals surface area contributed by atoms with Crippen LogP contribution in [0, 0.1) is 11.8 Å². The summed E-state index contributed by atoms with van der Waals surface area (Å²) in [7, 11) is 0. The fourth-order valence-electron chi connectivity index (χ4n) is 2.01. The average Bonchev–Trinajstić information content (AvgIpc) is 2.31. The van der Waals surface area contributed by atoms with Crippen molar-refractivity contribution in [1.29, 1.82) is 0 Å². The molecule has 1 fully saturated rings. The minimum atomic E-state index is -0.818. The minimum absolute atomic E-state index is 0.120. The van der Waals surface area contributed by atoms with Crippen molar-refractivity contribution in [2.24, 2.45) is 17.6 Å². The maximum atomic E-state index is 11.8. The molecule has 0 spiro atoms. The van der Waals surface area contributed by atoms with E-state index in [1.165, 1.54) is 6.08 Å². The fraction of sp³-hybridized carbons (Fsp3) is 0.583. The summed E-state index contributed by atoms with van der Waals surface area (Å²) in [5.74, 6) is -2.06. The van der Waals surface area contributed by atoms with E-state index in [1.807, 2.05) is 6.92 Å². The molecule has 2 N–H and O–H groups in total. The van der Waals surface area contributed by atoms with Crippen LogP contribution in [-0.4, -0.2) is 28.7 Å². The number of carbonyl (C=O) groups is 3. The summed E-state index contributed by atoms with van der Waals surface area (Å²) in [6, 6.07) is -0.818. The second-order valence-corrected chi connectivity index (χ2v) is 4.36. The Balaban J connectivity index is 2.86. The van der Waals surface area contributed by atoms with Gasteiger partial charge in [-0.05, 0) is 12.3 Å².